The van der Waals surface area contributed by atoms with Crippen molar-refractivity contribution in [3.05, 3.63) is 71.5 Å². The Balaban J connectivity index is 1.56. The Kier molecular flexibility index (Phi) is 8.07. The number of carbonyl (C=O) groups excluding carboxylic acids is 1. The molecule has 0 radical (unpaired) electrons. The minimum atomic E-state index is -0.00769. The van der Waals surface area contributed by atoms with Crippen LogP contribution in [0.3, 0.4) is 0 Å². The number of pyridine rings is 1. The second kappa shape index (κ2) is 11.4. The molecular formula is C26H28N4OS2. The zero-order valence-electron chi connectivity index (χ0n) is 18.8. The predicted molar refractivity (Wildman–Crippen MR) is 140 cm³/mol. The van der Waals surface area contributed by atoms with Gasteiger partial charge in [-0.15, -0.1) is 0 Å². The molecule has 33 heavy (non-hydrogen) atoms. The first-order valence-corrected chi connectivity index (χ1v) is 12.7. The molecule has 1 saturated heterocycles. The number of amides is 1. The van der Waals surface area contributed by atoms with Crippen molar-refractivity contribution in [2.45, 2.75) is 45.4 Å². The SMILES string of the molecule is CCCCCCCCN1C(=O)C(=Cc2cn(-c3ccccc3)nc2-c2ccncc2)SC1=S. The molecule has 0 atom stereocenters. The number of unbranched alkanes of at least 4 members (excludes halogenated alkanes) is 5. The summed E-state index contributed by atoms with van der Waals surface area (Å²) >= 11 is 6.91. The van der Waals surface area contributed by atoms with E-state index in [9.17, 15) is 4.79 Å². The third-order valence-electron chi connectivity index (χ3n) is 5.61. The van der Waals surface area contributed by atoms with Gasteiger partial charge >= 0.3 is 0 Å². The van der Waals surface area contributed by atoms with Crippen LogP contribution in [-0.2, 0) is 4.79 Å². The molecule has 4 rings (SSSR count). The van der Waals surface area contributed by atoms with Crippen molar-refractivity contribution >= 4 is 40.3 Å². The fourth-order valence-electron chi connectivity index (χ4n) is 3.82. The van der Waals surface area contributed by atoms with Crippen LogP contribution in [0, 0.1) is 0 Å². The number of thiocarbonyl (C=S) groups is 1. The van der Waals surface area contributed by atoms with Crippen LogP contribution < -0.4 is 0 Å². The first kappa shape index (κ1) is 23.4. The third kappa shape index (κ3) is 5.78. The van der Waals surface area contributed by atoms with E-state index in [0.717, 1.165) is 35.3 Å². The van der Waals surface area contributed by atoms with Crippen molar-refractivity contribution in [2.24, 2.45) is 0 Å². The van der Waals surface area contributed by atoms with Crippen LogP contribution in [-0.4, -0.2) is 36.4 Å². The lowest BCUT2D eigenvalue weighted by atomic mass is 10.1. The molecule has 170 valence electrons. The largest absolute Gasteiger partial charge is 0.293 e. The minimum Gasteiger partial charge on any atom is -0.293 e. The van der Waals surface area contributed by atoms with Crippen molar-refractivity contribution < 1.29 is 4.79 Å². The predicted octanol–water partition coefficient (Wildman–Crippen LogP) is 6.50. The smallest absolute Gasteiger partial charge is 0.266 e. The zero-order chi connectivity index (χ0) is 23.0. The van der Waals surface area contributed by atoms with E-state index in [-0.39, 0.29) is 5.91 Å². The van der Waals surface area contributed by atoms with Gasteiger partial charge < -0.3 is 0 Å². The molecule has 2 aromatic heterocycles. The Labute approximate surface area is 204 Å². The van der Waals surface area contributed by atoms with Crippen LogP contribution in [0.4, 0.5) is 0 Å². The van der Waals surface area contributed by atoms with E-state index < -0.39 is 0 Å². The molecule has 0 spiro atoms. The minimum absolute atomic E-state index is 0.00769. The van der Waals surface area contributed by atoms with Gasteiger partial charge in [-0.2, -0.15) is 5.10 Å². The average molecular weight is 477 g/mol. The van der Waals surface area contributed by atoms with E-state index in [4.69, 9.17) is 17.3 Å². The first-order chi connectivity index (χ1) is 16.2. The van der Waals surface area contributed by atoms with E-state index in [1.54, 1.807) is 17.3 Å². The second-order valence-electron chi connectivity index (χ2n) is 8.05. The van der Waals surface area contributed by atoms with Crippen LogP contribution in [0.15, 0.2) is 66.0 Å². The Morgan fingerprint density at radius 3 is 2.48 bits per heavy atom. The number of nitrogens with zero attached hydrogens (tertiary/aromatic N) is 4. The quantitative estimate of drug-likeness (QED) is 0.190. The summed E-state index contributed by atoms with van der Waals surface area (Å²) in [5.41, 5.74) is 3.60. The van der Waals surface area contributed by atoms with Gasteiger partial charge in [0.1, 0.15) is 10.0 Å². The first-order valence-electron chi connectivity index (χ1n) is 11.5. The molecule has 1 aliphatic heterocycles. The van der Waals surface area contributed by atoms with Crippen LogP contribution in [0.5, 0.6) is 0 Å². The summed E-state index contributed by atoms with van der Waals surface area (Å²) in [7, 11) is 0. The van der Waals surface area contributed by atoms with Gasteiger partial charge in [0.25, 0.3) is 5.91 Å². The lowest BCUT2D eigenvalue weighted by Gasteiger charge is -2.13. The van der Waals surface area contributed by atoms with Gasteiger partial charge in [0.2, 0.25) is 0 Å². The summed E-state index contributed by atoms with van der Waals surface area (Å²) in [5.74, 6) is -0.00769. The van der Waals surface area contributed by atoms with Crippen LogP contribution >= 0.6 is 24.0 Å². The van der Waals surface area contributed by atoms with Gasteiger partial charge in [0.05, 0.1) is 10.6 Å². The lowest BCUT2D eigenvalue weighted by Crippen LogP contribution is -2.29. The molecule has 1 amide bonds. The maximum atomic E-state index is 13.1. The summed E-state index contributed by atoms with van der Waals surface area (Å²) in [6.45, 7) is 2.91. The molecule has 0 bridgehead atoms. The normalized spacial score (nSPS) is 15.1. The highest BCUT2D eigenvalue weighted by Gasteiger charge is 2.32. The maximum absolute atomic E-state index is 13.1. The van der Waals surface area contributed by atoms with Crippen molar-refractivity contribution in [2.75, 3.05) is 6.54 Å². The van der Waals surface area contributed by atoms with Crippen LogP contribution in [0.2, 0.25) is 0 Å². The van der Waals surface area contributed by atoms with Crippen LogP contribution in [0.1, 0.15) is 51.0 Å². The van der Waals surface area contributed by atoms with E-state index in [1.165, 1.54) is 37.4 Å². The summed E-state index contributed by atoms with van der Waals surface area (Å²) in [5, 5.41) is 4.82. The van der Waals surface area contributed by atoms with Crippen molar-refractivity contribution in [3.8, 4) is 16.9 Å². The highest BCUT2D eigenvalue weighted by Crippen LogP contribution is 2.35. The molecule has 7 heteroatoms. The Bertz CT molecular complexity index is 1130. The van der Waals surface area contributed by atoms with E-state index in [1.807, 2.05) is 59.4 Å². The van der Waals surface area contributed by atoms with Crippen molar-refractivity contribution in [1.82, 2.24) is 19.7 Å². The summed E-state index contributed by atoms with van der Waals surface area (Å²) in [6, 6.07) is 13.8. The average Bonchev–Trinajstić information content (AvgIpc) is 3.38. The standard InChI is InChI=1S/C26H28N4OS2/c1-2-3-4-5-6-10-17-29-25(31)23(33-26(29)32)18-21-19-30(22-11-8-7-9-12-22)28-24(21)20-13-15-27-16-14-20/h7-9,11-16,18-19H,2-6,10,17H2,1H3. The van der Waals surface area contributed by atoms with Gasteiger partial charge in [-0.1, -0.05) is 81.2 Å². The molecule has 0 unspecified atom stereocenters. The third-order valence-corrected chi connectivity index (χ3v) is 6.99. The van der Waals surface area contributed by atoms with Gasteiger partial charge in [-0.05, 0) is 36.8 Å². The number of hydrogen-bond acceptors (Lipinski definition) is 5. The molecular weight excluding hydrogens is 448 g/mol. The van der Waals surface area contributed by atoms with Crippen molar-refractivity contribution in [1.29, 1.82) is 0 Å². The number of benzene rings is 1. The Morgan fingerprint density at radius 2 is 1.73 bits per heavy atom. The summed E-state index contributed by atoms with van der Waals surface area (Å²) < 4.78 is 2.49. The van der Waals surface area contributed by atoms with Gasteiger partial charge in [0, 0.05) is 36.3 Å². The molecule has 1 fully saturated rings. The van der Waals surface area contributed by atoms with Crippen molar-refractivity contribution in [3.63, 3.8) is 0 Å². The van der Waals surface area contributed by atoms with E-state index >= 15 is 0 Å². The topological polar surface area (TPSA) is 51.0 Å². The van der Waals surface area contributed by atoms with E-state index in [0.29, 0.717) is 15.8 Å². The molecule has 1 aromatic carbocycles. The molecule has 0 saturated carbocycles. The van der Waals surface area contributed by atoms with Gasteiger partial charge in [-0.3, -0.25) is 14.7 Å². The van der Waals surface area contributed by atoms with Gasteiger partial charge in [0.15, 0.2) is 0 Å². The molecule has 5 nitrogen and oxygen atoms in total. The maximum Gasteiger partial charge on any atom is 0.266 e. The highest BCUT2D eigenvalue weighted by molar-refractivity contribution is 8.26. The number of para-hydroxylation sites is 1. The second-order valence-corrected chi connectivity index (χ2v) is 9.73. The van der Waals surface area contributed by atoms with E-state index in [2.05, 4.69) is 11.9 Å². The Morgan fingerprint density at radius 1 is 1.00 bits per heavy atom. The zero-order valence-corrected chi connectivity index (χ0v) is 20.4. The highest BCUT2D eigenvalue weighted by atomic mass is 32.2. The number of rotatable bonds is 10. The molecule has 0 aliphatic carbocycles. The molecule has 3 heterocycles. The molecule has 0 N–H and O–H groups in total. The fraction of sp³-hybridized carbons (Fsp3) is 0.308. The monoisotopic (exact) mass is 476 g/mol. The number of aromatic nitrogens is 3. The summed E-state index contributed by atoms with van der Waals surface area (Å²) in [6.07, 6.45) is 14.5. The number of carbonyl (C=O) groups is 1. The summed E-state index contributed by atoms with van der Waals surface area (Å²) in [4.78, 5) is 19.6. The number of thioether (sulfide) groups is 1. The fourth-order valence-corrected chi connectivity index (χ4v) is 5.12. The van der Waals surface area contributed by atoms with Crippen LogP contribution in [0.25, 0.3) is 23.0 Å². The molecule has 1 aliphatic rings. The Hall–Kier alpha value is -2.77. The lowest BCUT2D eigenvalue weighted by molar-refractivity contribution is -0.122. The van der Waals surface area contributed by atoms with Gasteiger partial charge in [-0.25, -0.2) is 4.68 Å². The molecule has 3 aromatic rings. The number of hydrogen-bond donors (Lipinski definition) is 0.